The molecule has 206 valence electrons. The highest BCUT2D eigenvalue weighted by molar-refractivity contribution is 5.53. The number of ether oxygens (including phenoxy) is 2. The summed E-state index contributed by atoms with van der Waals surface area (Å²) in [4.78, 5) is 20.4. The molecule has 2 saturated heterocycles. The molecule has 0 unspecified atom stereocenters. The summed E-state index contributed by atoms with van der Waals surface area (Å²) in [5.74, 6) is 2.91. The third kappa shape index (κ3) is 6.21. The SMILES string of the molecule is Nc1nc(NCCN2CCN(c3ccc(OCCN4CCOCC4)cc3)CC2)nc2nc(-c3ccco3)nn12. The number of anilines is 3. The maximum atomic E-state index is 6.08. The van der Waals surface area contributed by atoms with Crippen molar-refractivity contribution in [2.24, 2.45) is 0 Å². The molecule has 0 saturated carbocycles. The zero-order valence-electron chi connectivity index (χ0n) is 21.9. The fourth-order valence-electron chi connectivity index (χ4n) is 4.82. The molecule has 2 fully saturated rings. The summed E-state index contributed by atoms with van der Waals surface area (Å²) in [6.07, 6.45) is 1.57. The molecule has 4 aromatic rings. The second-order valence-electron chi connectivity index (χ2n) is 9.58. The monoisotopic (exact) mass is 534 g/mol. The number of benzene rings is 1. The second kappa shape index (κ2) is 11.8. The number of nitrogens with one attached hydrogen (secondary N) is 1. The summed E-state index contributed by atoms with van der Waals surface area (Å²) in [5, 5.41) is 7.60. The number of nitrogens with zero attached hydrogens (tertiary/aromatic N) is 8. The first kappa shape index (κ1) is 25.3. The molecule has 1 aromatic carbocycles. The number of nitrogen functional groups attached to an aromatic ring is 1. The van der Waals surface area contributed by atoms with Crippen LogP contribution in [0.2, 0.25) is 0 Å². The van der Waals surface area contributed by atoms with Crippen molar-refractivity contribution in [3.05, 3.63) is 42.7 Å². The molecule has 6 rings (SSSR count). The smallest absolute Gasteiger partial charge is 0.259 e. The number of hydrogen-bond donors (Lipinski definition) is 2. The quantitative estimate of drug-likeness (QED) is 0.304. The molecule has 0 radical (unpaired) electrons. The van der Waals surface area contributed by atoms with E-state index in [0.717, 1.165) is 71.3 Å². The van der Waals surface area contributed by atoms with Gasteiger partial charge in [-0.05, 0) is 36.4 Å². The molecule has 0 amide bonds. The number of nitrogens with two attached hydrogens (primary N) is 1. The van der Waals surface area contributed by atoms with Crippen LogP contribution in [-0.2, 0) is 4.74 Å². The minimum absolute atomic E-state index is 0.218. The molecular formula is C26H34N10O3. The lowest BCUT2D eigenvalue weighted by Gasteiger charge is -2.36. The number of aromatic nitrogens is 5. The van der Waals surface area contributed by atoms with Crippen molar-refractivity contribution < 1.29 is 13.9 Å². The maximum Gasteiger partial charge on any atom is 0.259 e. The van der Waals surface area contributed by atoms with E-state index in [1.54, 1.807) is 18.4 Å². The average Bonchev–Trinajstić information content (AvgIpc) is 3.65. The Balaban J connectivity index is 0.935. The predicted octanol–water partition coefficient (Wildman–Crippen LogP) is 1.31. The minimum Gasteiger partial charge on any atom is -0.492 e. The van der Waals surface area contributed by atoms with Crippen LogP contribution < -0.4 is 20.7 Å². The van der Waals surface area contributed by atoms with Crippen LogP contribution in [0.5, 0.6) is 5.75 Å². The Labute approximate surface area is 226 Å². The van der Waals surface area contributed by atoms with Gasteiger partial charge in [-0.15, -0.1) is 5.10 Å². The molecule has 2 aliphatic heterocycles. The third-order valence-corrected chi connectivity index (χ3v) is 7.04. The first-order chi connectivity index (χ1) is 19.2. The molecule has 3 N–H and O–H groups in total. The van der Waals surface area contributed by atoms with Gasteiger partial charge in [-0.25, -0.2) is 0 Å². The summed E-state index contributed by atoms with van der Waals surface area (Å²) < 4.78 is 18.1. The van der Waals surface area contributed by atoms with E-state index in [2.05, 4.69) is 64.3 Å². The van der Waals surface area contributed by atoms with Crippen molar-refractivity contribution >= 4 is 23.4 Å². The van der Waals surface area contributed by atoms with Crippen molar-refractivity contribution in [1.29, 1.82) is 0 Å². The van der Waals surface area contributed by atoms with E-state index in [0.29, 0.717) is 36.5 Å². The minimum atomic E-state index is 0.218. The molecule has 5 heterocycles. The van der Waals surface area contributed by atoms with Crippen molar-refractivity contribution in [2.75, 3.05) is 94.7 Å². The van der Waals surface area contributed by atoms with Crippen LogP contribution in [0.15, 0.2) is 47.1 Å². The van der Waals surface area contributed by atoms with E-state index in [4.69, 9.17) is 19.6 Å². The van der Waals surface area contributed by atoms with E-state index >= 15 is 0 Å². The Morgan fingerprint density at radius 1 is 0.897 bits per heavy atom. The van der Waals surface area contributed by atoms with Gasteiger partial charge in [0, 0.05) is 64.6 Å². The number of piperazine rings is 1. The molecule has 3 aromatic heterocycles. The predicted molar refractivity (Wildman–Crippen MR) is 147 cm³/mol. The number of furan rings is 1. The lowest BCUT2D eigenvalue weighted by Crippen LogP contribution is -2.47. The molecule has 2 aliphatic rings. The van der Waals surface area contributed by atoms with Crippen molar-refractivity contribution in [1.82, 2.24) is 34.4 Å². The summed E-state index contributed by atoms with van der Waals surface area (Å²) in [7, 11) is 0. The Bertz CT molecular complexity index is 1330. The van der Waals surface area contributed by atoms with Crippen LogP contribution in [0.25, 0.3) is 17.4 Å². The van der Waals surface area contributed by atoms with Crippen molar-refractivity contribution in [3.63, 3.8) is 0 Å². The highest BCUT2D eigenvalue weighted by Crippen LogP contribution is 2.21. The normalized spacial score (nSPS) is 17.1. The van der Waals surface area contributed by atoms with Crippen LogP contribution >= 0.6 is 0 Å². The van der Waals surface area contributed by atoms with Gasteiger partial charge in [0.15, 0.2) is 5.76 Å². The second-order valence-corrected chi connectivity index (χ2v) is 9.58. The number of hydrogen-bond acceptors (Lipinski definition) is 12. The van der Waals surface area contributed by atoms with Crippen LogP contribution in [0.1, 0.15) is 0 Å². The Kier molecular flexibility index (Phi) is 7.70. The lowest BCUT2D eigenvalue weighted by atomic mass is 10.2. The molecule has 0 spiro atoms. The zero-order chi connectivity index (χ0) is 26.4. The fourth-order valence-corrected chi connectivity index (χ4v) is 4.82. The molecule has 13 heteroatoms. The van der Waals surface area contributed by atoms with Gasteiger partial charge >= 0.3 is 0 Å². The van der Waals surface area contributed by atoms with Gasteiger partial charge in [0.2, 0.25) is 17.7 Å². The van der Waals surface area contributed by atoms with E-state index < -0.39 is 0 Å². The molecular weight excluding hydrogens is 500 g/mol. The molecule has 39 heavy (non-hydrogen) atoms. The van der Waals surface area contributed by atoms with Crippen LogP contribution in [0.3, 0.4) is 0 Å². The van der Waals surface area contributed by atoms with Crippen molar-refractivity contribution in [3.8, 4) is 17.3 Å². The fraction of sp³-hybridized carbons (Fsp3) is 0.462. The van der Waals surface area contributed by atoms with E-state index in [1.807, 2.05) is 0 Å². The zero-order valence-corrected chi connectivity index (χ0v) is 21.9. The van der Waals surface area contributed by atoms with Gasteiger partial charge in [0.05, 0.1) is 19.5 Å². The van der Waals surface area contributed by atoms with Crippen LogP contribution in [0, 0.1) is 0 Å². The molecule has 13 nitrogen and oxygen atoms in total. The number of rotatable bonds is 10. The number of fused-ring (bicyclic) bond motifs is 1. The topological polar surface area (TPSA) is 135 Å². The van der Waals surface area contributed by atoms with Crippen LogP contribution in [0.4, 0.5) is 17.6 Å². The first-order valence-corrected chi connectivity index (χ1v) is 13.4. The van der Waals surface area contributed by atoms with E-state index in [1.165, 1.54) is 10.2 Å². The Morgan fingerprint density at radius 3 is 2.46 bits per heavy atom. The first-order valence-electron chi connectivity index (χ1n) is 13.4. The Morgan fingerprint density at radius 2 is 1.69 bits per heavy atom. The maximum absolute atomic E-state index is 6.08. The van der Waals surface area contributed by atoms with Gasteiger partial charge in [-0.2, -0.15) is 19.5 Å². The standard InChI is InChI=1S/C26H34N10O3/c27-24-30-25(31-26-29-23(32-36(24)26)22-2-1-16-39-22)28-7-8-33-9-11-35(12-10-33)20-3-5-21(6-4-20)38-19-15-34-13-17-37-18-14-34/h1-6,16H,7-15,17-19H2,(H3,27,28,29,30,31,32). The largest absolute Gasteiger partial charge is 0.492 e. The van der Waals surface area contributed by atoms with Gasteiger partial charge in [-0.3, -0.25) is 9.80 Å². The van der Waals surface area contributed by atoms with Gasteiger partial charge in [0.25, 0.3) is 5.78 Å². The summed E-state index contributed by atoms with van der Waals surface area (Å²) in [6, 6.07) is 12.0. The van der Waals surface area contributed by atoms with Gasteiger partial charge in [-0.1, -0.05) is 0 Å². The molecule has 0 aliphatic carbocycles. The highest BCUT2D eigenvalue weighted by atomic mass is 16.5. The Hall–Kier alpha value is -3.94. The lowest BCUT2D eigenvalue weighted by molar-refractivity contribution is 0.0322. The average molecular weight is 535 g/mol. The van der Waals surface area contributed by atoms with Crippen LogP contribution in [-0.4, -0.2) is 113 Å². The summed E-state index contributed by atoms with van der Waals surface area (Å²) >= 11 is 0. The van der Waals surface area contributed by atoms with E-state index in [9.17, 15) is 0 Å². The number of morpholine rings is 1. The van der Waals surface area contributed by atoms with E-state index in [-0.39, 0.29) is 5.95 Å². The van der Waals surface area contributed by atoms with Crippen molar-refractivity contribution in [2.45, 2.75) is 0 Å². The summed E-state index contributed by atoms with van der Waals surface area (Å²) in [5.41, 5.74) is 7.31. The molecule has 0 bridgehead atoms. The molecule has 0 atom stereocenters. The summed E-state index contributed by atoms with van der Waals surface area (Å²) in [6.45, 7) is 10.7. The van der Waals surface area contributed by atoms with Gasteiger partial charge < -0.3 is 29.8 Å². The third-order valence-electron chi connectivity index (χ3n) is 7.04. The highest BCUT2D eigenvalue weighted by Gasteiger charge is 2.18. The van der Waals surface area contributed by atoms with Gasteiger partial charge in [0.1, 0.15) is 12.4 Å².